The molecule has 0 bridgehead atoms. The molecule has 3 aliphatic rings. The Bertz CT molecular complexity index is 3750. The van der Waals surface area contributed by atoms with Crippen LogP contribution in [-0.2, 0) is 21.7 Å². The number of benzene rings is 10. The van der Waals surface area contributed by atoms with Crippen molar-refractivity contribution >= 4 is 17.1 Å². The molecule has 0 atom stereocenters. The lowest BCUT2D eigenvalue weighted by Crippen LogP contribution is -2.27. The molecule has 0 aliphatic heterocycles. The van der Waals surface area contributed by atoms with Crippen molar-refractivity contribution in [3.8, 4) is 66.8 Å². The predicted molar refractivity (Wildman–Crippen MR) is 309 cm³/mol. The maximum Gasteiger partial charge on any atom is 0.0725 e. The molecule has 3 aliphatic carbocycles. The van der Waals surface area contributed by atoms with E-state index in [1.807, 2.05) is 0 Å². The average molecular weight is 940 g/mol. The van der Waals surface area contributed by atoms with Crippen LogP contribution in [0.3, 0.4) is 0 Å². The van der Waals surface area contributed by atoms with E-state index in [9.17, 15) is 0 Å². The van der Waals surface area contributed by atoms with Gasteiger partial charge < -0.3 is 4.90 Å². The van der Waals surface area contributed by atoms with Gasteiger partial charge in [0.1, 0.15) is 0 Å². The minimum absolute atomic E-state index is 0.00604. The van der Waals surface area contributed by atoms with Crippen molar-refractivity contribution in [1.82, 2.24) is 0 Å². The zero-order chi connectivity index (χ0) is 50.0. The van der Waals surface area contributed by atoms with Crippen LogP contribution >= 0.6 is 0 Å². The van der Waals surface area contributed by atoms with Crippen LogP contribution in [-0.4, -0.2) is 0 Å². The van der Waals surface area contributed by atoms with Gasteiger partial charge in [-0.05, 0) is 153 Å². The third-order valence-electron chi connectivity index (χ3n) is 16.6. The van der Waals surface area contributed by atoms with Crippen molar-refractivity contribution in [2.45, 2.75) is 77.0 Å². The van der Waals surface area contributed by atoms with E-state index in [2.05, 4.69) is 285 Å². The first kappa shape index (κ1) is 44.9. The topological polar surface area (TPSA) is 3.24 Å². The van der Waals surface area contributed by atoms with E-state index in [-0.39, 0.29) is 16.2 Å². The fourth-order valence-electron chi connectivity index (χ4n) is 12.8. The summed E-state index contributed by atoms with van der Waals surface area (Å²) in [4.78, 5) is 2.46. The second-order valence-electron chi connectivity index (χ2n) is 23.3. The Labute approximate surface area is 432 Å². The van der Waals surface area contributed by atoms with Gasteiger partial charge in [-0.1, -0.05) is 243 Å². The van der Waals surface area contributed by atoms with Crippen LogP contribution in [0.4, 0.5) is 17.1 Å². The molecule has 10 aromatic carbocycles. The molecule has 1 nitrogen and oxygen atoms in total. The molecule has 1 spiro atoms. The smallest absolute Gasteiger partial charge is 0.0725 e. The first-order valence-electron chi connectivity index (χ1n) is 26.2. The summed E-state index contributed by atoms with van der Waals surface area (Å²) < 4.78 is 0. The van der Waals surface area contributed by atoms with Crippen molar-refractivity contribution in [1.29, 1.82) is 0 Å². The fraction of sp³-hybridized carbons (Fsp3) is 0.167. The molecule has 0 saturated heterocycles. The highest BCUT2D eigenvalue weighted by molar-refractivity contribution is 5.99. The monoisotopic (exact) mass is 939 g/mol. The van der Waals surface area contributed by atoms with Gasteiger partial charge in [0.15, 0.2) is 0 Å². The van der Waals surface area contributed by atoms with Crippen LogP contribution < -0.4 is 4.90 Å². The molecule has 0 aromatic heterocycles. The molecule has 0 amide bonds. The Hall–Kier alpha value is -8.00. The Kier molecular flexibility index (Phi) is 10.0. The van der Waals surface area contributed by atoms with Crippen LogP contribution in [0.2, 0.25) is 0 Å². The van der Waals surface area contributed by atoms with Crippen LogP contribution in [0.25, 0.3) is 66.8 Å². The maximum atomic E-state index is 2.54. The molecule has 0 unspecified atom stereocenters. The van der Waals surface area contributed by atoms with Crippen molar-refractivity contribution in [3.05, 3.63) is 269 Å². The second-order valence-corrected chi connectivity index (χ2v) is 23.3. The molecular weight excluding hydrogens is 879 g/mol. The summed E-state index contributed by atoms with van der Waals surface area (Å²) in [7, 11) is 0. The van der Waals surface area contributed by atoms with Crippen molar-refractivity contribution < 1.29 is 0 Å². The number of anilines is 3. The van der Waals surface area contributed by atoms with Crippen molar-refractivity contribution in [3.63, 3.8) is 0 Å². The Morgan fingerprint density at radius 2 is 0.726 bits per heavy atom. The van der Waals surface area contributed by atoms with E-state index >= 15 is 0 Å². The van der Waals surface area contributed by atoms with E-state index < -0.39 is 5.41 Å². The summed E-state index contributed by atoms with van der Waals surface area (Å²) in [6, 6.07) is 85.1. The standard InChI is InChI=1S/C72H61N/c1-69(2,3)50-34-41-56-57-42-35-51(70(4,5)6)45-66(57)72(65(56)44-50)62-26-16-12-21-54(62)55-40-33-49(43-64(55)72)48-31-38-53(39-32-48)73(52-36-29-47(30-37-52)46-19-10-9-11-20-46)67-28-17-14-22-58(67)59-24-18-27-63-68(59)60-23-13-15-25-61(60)71(63,7)8/h9-45H,1-8H3. The third kappa shape index (κ3) is 6.81. The quantitative estimate of drug-likeness (QED) is 0.161. The molecule has 0 radical (unpaired) electrons. The highest BCUT2D eigenvalue weighted by Crippen LogP contribution is 2.64. The van der Waals surface area contributed by atoms with Crippen LogP contribution in [0.15, 0.2) is 224 Å². The number of hydrogen-bond acceptors (Lipinski definition) is 1. The zero-order valence-electron chi connectivity index (χ0n) is 43.3. The molecule has 0 heterocycles. The molecule has 13 rings (SSSR count). The number of para-hydroxylation sites is 1. The van der Waals surface area contributed by atoms with Crippen molar-refractivity contribution in [2.75, 3.05) is 4.90 Å². The summed E-state index contributed by atoms with van der Waals surface area (Å²) in [5.74, 6) is 0. The Morgan fingerprint density at radius 3 is 1.33 bits per heavy atom. The number of nitrogens with zero attached hydrogens (tertiary/aromatic N) is 1. The first-order chi connectivity index (χ1) is 35.2. The average Bonchev–Trinajstić information content (AvgIpc) is 3.96. The van der Waals surface area contributed by atoms with E-state index in [0.717, 1.165) is 17.1 Å². The molecular formula is C72H61N. The molecule has 354 valence electrons. The van der Waals surface area contributed by atoms with Crippen molar-refractivity contribution in [2.24, 2.45) is 0 Å². The number of rotatable bonds is 6. The SMILES string of the molecule is CC(C)(C)c1ccc2c(c1)C1(c3ccccc3-c3ccc(-c4ccc(N(c5ccc(-c6ccccc6)cc5)c5ccccc5-c5cccc6c5-c5ccccc5C6(C)C)cc4)cc31)c1cc(C(C)(C)C)ccc1-2. The van der Waals surface area contributed by atoms with Crippen LogP contribution in [0.1, 0.15) is 99.9 Å². The fourth-order valence-corrected chi connectivity index (χ4v) is 12.8. The highest BCUT2D eigenvalue weighted by Gasteiger charge is 2.52. The zero-order valence-corrected chi connectivity index (χ0v) is 43.3. The number of hydrogen-bond donors (Lipinski definition) is 0. The van der Waals surface area contributed by atoms with E-state index in [0.29, 0.717) is 0 Å². The summed E-state index contributed by atoms with van der Waals surface area (Å²) in [6.45, 7) is 18.8. The minimum atomic E-state index is -0.463. The summed E-state index contributed by atoms with van der Waals surface area (Å²) in [6.07, 6.45) is 0. The van der Waals surface area contributed by atoms with Gasteiger partial charge in [-0.15, -0.1) is 0 Å². The highest BCUT2D eigenvalue weighted by atomic mass is 15.1. The summed E-state index contributed by atoms with van der Waals surface area (Å²) in [5, 5.41) is 0. The summed E-state index contributed by atoms with van der Waals surface area (Å²) >= 11 is 0. The van der Waals surface area contributed by atoms with E-state index in [4.69, 9.17) is 0 Å². The van der Waals surface area contributed by atoms with Crippen LogP contribution in [0, 0.1) is 0 Å². The molecule has 0 saturated carbocycles. The minimum Gasteiger partial charge on any atom is -0.310 e. The van der Waals surface area contributed by atoms with Gasteiger partial charge in [0.25, 0.3) is 0 Å². The van der Waals surface area contributed by atoms with Gasteiger partial charge in [-0.25, -0.2) is 0 Å². The van der Waals surface area contributed by atoms with Crippen LogP contribution in [0.5, 0.6) is 0 Å². The second kappa shape index (κ2) is 16.3. The molecule has 0 N–H and O–H groups in total. The first-order valence-corrected chi connectivity index (χ1v) is 26.2. The molecule has 10 aromatic rings. The van der Waals surface area contributed by atoms with Gasteiger partial charge >= 0.3 is 0 Å². The van der Waals surface area contributed by atoms with Gasteiger partial charge in [-0.3, -0.25) is 0 Å². The molecule has 1 heteroatoms. The van der Waals surface area contributed by atoms with E-state index in [1.165, 1.54) is 111 Å². The van der Waals surface area contributed by atoms with E-state index in [1.54, 1.807) is 0 Å². The Morgan fingerprint density at radius 1 is 0.301 bits per heavy atom. The lowest BCUT2D eigenvalue weighted by Gasteiger charge is -2.33. The largest absolute Gasteiger partial charge is 0.310 e. The lowest BCUT2D eigenvalue weighted by molar-refractivity contribution is 0.586. The van der Waals surface area contributed by atoms with Gasteiger partial charge in [0.05, 0.1) is 11.1 Å². The maximum absolute atomic E-state index is 2.54. The van der Waals surface area contributed by atoms with Gasteiger partial charge in [-0.2, -0.15) is 0 Å². The van der Waals surface area contributed by atoms with Gasteiger partial charge in [0.2, 0.25) is 0 Å². The number of fused-ring (bicyclic) bond motifs is 13. The third-order valence-corrected chi connectivity index (χ3v) is 16.6. The predicted octanol–water partition coefficient (Wildman–Crippen LogP) is 19.4. The Balaban J connectivity index is 0.975. The molecule has 0 fully saturated rings. The molecule has 73 heavy (non-hydrogen) atoms. The normalized spacial score (nSPS) is 14.2. The van der Waals surface area contributed by atoms with Gasteiger partial charge in [0, 0.05) is 22.4 Å². The summed E-state index contributed by atoms with van der Waals surface area (Å²) in [5.41, 5.74) is 29.0. The lowest BCUT2D eigenvalue weighted by atomic mass is 9.68.